The molecule has 0 radical (unpaired) electrons. The molecule has 5 heteroatoms. The fraction of sp³-hybridized carbons (Fsp3) is 0.269. The van der Waals surface area contributed by atoms with Crippen LogP contribution in [-0.4, -0.2) is 38.1 Å². The quantitative estimate of drug-likeness (QED) is 0.608. The van der Waals surface area contributed by atoms with Crippen molar-refractivity contribution in [2.75, 3.05) is 32.6 Å². The molecule has 0 spiro atoms. The Balaban J connectivity index is 1.58. The van der Waals surface area contributed by atoms with Crippen LogP contribution in [0.5, 0.6) is 11.5 Å². The van der Waals surface area contributed by atoms with Gasteiger partial charge in [0.2, 0.25) is 5.91 Å². The van der Waals surface area contributed by atoms with Gasteiger partial charge in [0.05, 0.1) is 20.3 Å². The van der Waals surface area contributed by atoms with Crippen LogP contribution in [0.25, 0.3) is 0 Å². The average molecular weight is 417 g/mol. The van der Waals surface area contributed by atoms with Crippen LogP contribution in [0.4, 0.5) is 5.69 Å². The van der Waals surface area contributed by atoms with E-state index in [1.807, 2.05) is 36.4 Å². The van der Waals surface area contributed by atoms with Gasteiger partial charge in [-0.2, -0.15) is 0 Å². The van der Waals surface area contributed by atoms with Crippen LogP contribution in [0.3, 0.4) is 0 Å². The van der Waals surface area contributed by atoms with E-state index in [1.165, 1.54) is 16.7 Å². The molecular formula is C26H28N2O3. The number of rotatable bonds is 7. The highest BCUT2D eigenvalue weighted by Crippen LogP contribution is 2.40. The Hall–Kier alpha value is -3.31. The molecule has 1 atom stereocenters. The lowest BCUT2D eigenvalue weighted by molar-refractivity contribution is -0.116. The zero-order chi connectivity index (χ0) is 21.6. The molecule has 1 N–H and O–H groups in total. The first-order valence-corrected chi connectivity index (χ1v) is 10.6. The summed E-state index contributed by atoms with van der Waals surface area (Å²) in [6, 6.07) is 24.3. The topological polar surface area (TPSA) is 50.8 Å². The van der Waals surface area contributed by atoms with Crippen LogP contribution in [0.15, 0.2) is 72.8 Å². The lowest BCUT2D eigenvalue weighted by Crippen LogP contribution is -2.38. The summed E-state index contributed by atoms with van der Waals surface area (Å²) in [5.41, 5.74) is 4.50. The third-order valence-electron chi connectivity index (χ3n) is 5.77. The molecule has 0 fully saturated rings. The second-order valence-corrected chi connectivity index (χ2v) is 7.67. The van der Waals surface area contributed by atoms with Gasteiger partial charge in [-0.3, -0.25) is 9.69 Å². The lowest BCUT2D eigenvalue weighted by atomic mass is 9.87. The van der Waals surface area contributed by atoms with Gasteiger partial charge >= 0.3 is 0 Å². The zero-order valence-corrected chi connectivity index (χ0v) is 18.0. The minimum absolute atomic E-state index is 0.0242. The molecule has 0 saturated carbocycles. The molecule has 3 aromatic rings. The summed E-state index contributed by atoms with van der Waals surface area (Å²) in [5, 5.41) is 2.99. The third-order valence-corrected chi connectivity index (χ3v) is 5.77. The van der Waals surface area contributed by atoms with E-state index in [4.69, 9.17) is 9.47 Å². The molecule has 1 heterocycles. The number of benzene rings is 3. The highest BCUT2D eigenvalue weighted by molar-refractivity contribution is 5.90. The molecule has 4 rings (SSSR count). The van der Waals surface area contributed by atoms with Crippen LogP contribution in [0.2, 0.25) is 0 Å². The van der Waals surface area contributed by atoms with Crippen molar-refractivity contribution >= 4 is 11.6 Å². The molecule has 31 heavy (non-hydrogen) atoms. The fourth-order valence-corrected chi connectivity index (χ4v) is 4.25. The number of carbonyl (C=O) groups is 1. The minimum Gasteiger partial charge on any atom is -0.493 e. The number of nitrogens with one attached hydrogen (secondary N) is 1. The van der Waals surface area contributed by atoms with Crippen molar-refractivity contribution < 1.29 is 14.3 Å². The Bertz CT molecular complexity index is 1020. The highest BCUT2D eigenvalue weighted by atomic mass is 16.5. The number of hydrogen-bond donors (Lipinski definition) is 1. The van der Waals surface area contributed by atoms with E-state index in [0.29, 0.717) is 13.0 Å². The van der Waals surface area contributed by atoms with Crippen molar-refractivity contribution in [3.8, 4) is 11.5 Å². The molecule has 3 aromatic carbocycles. The van der Waals surface area contributed by atoms with Gasteiger partial charge in [-0.25, -0.2) is 0 Å². The molecule has 0 aliphatic carbocycles. The van der Waals surface area contributed by atoms with E-state index < -0.39 is 0 Å². The van der Waals surface area contributed by atoms with E-state index in [0.717, 1.165) is 30.2 Å². The van der Waals surface area contributed by atoms with Gasteiger partial charge < -0.3 is 14.8 Å². The number of nitrogens with zero attached hydrogens (tertiary/aromatic N) is 1. The smallest absolute Gasteiger partial charge is 0.225 e. The SMILES string of the molecule is COc1cc2c(cc1OC)C(c1ccccc1)N(CCC(=O)Nc1ccccc1)CC2. The van der Waals surface area contributed by atoms with E-state index in [9.17, 15) is 4.79 Å². The summed E-state index contributed by atoms with van der Waals surface area (Å²) in [7, 11) is 3.33. The predicted octanol–water partition coefficient (Wildman–Crippen LogP) is 4.68. The summed E-state index contributed by atoms with van der Waals surface area (Å²) >= 11 is 0. The van der Waals surface area contributed by atoms with Crippen molar-refractivity contribution in [1.82, 2.24) is 4.90 Å². The lowest BCUT2D eigenvalue weighted by Gasteiger charge is -2.38. The zero-order valence-electron chi connectivity index (χ0n) is 18.0. The third kappa shape index (κ3) is 4.72. The molecule has 0 aromatic heterocycles. The number of amides is 1. The molecule has 1 aliphatic heterocycles. The van der Waals surface area contributed by atoms with E-state index >= 15 is 0 Å². The number of hydrogen-bond acceptors (Lipinski definition) is 4. The van der Waals surface area contributed by atoms with Gasteiger partial charge in [0.25, 0.3) is 0 Å². The number of fused-ring (bicyclic) bond motifs is 1. The van der Waals surface area contributed by atoms with Crippen molar-refractivity contribution in [2.24, 2.45) is 0 Å². The Morgan fingerprint density at radius 2 is 1.61 bits per heavy atom. The standard InChI is InChI=1S/C26H28N2O3/c1-30-23-17-20-13-15-28(16-14-25(29)27-21-11-7-4-8-12-21)26(19-9-5-3-6-10-19)22(20)18-24(23)31-2/h3-12,17-18,26H,13-16H2,1-2H3,(H,27,29). The summed E-state index contributed by atoms with van der Waals surface area (Å²) in [6.45, 7) is 1.55. The summed E-state index contributed by atoms with van der Waals surface area (Å²) in [6.07, 6.45) is 1.33. The molecule has 160 valence electrons. The molecule has 0 saturated heterocycles. The number of ether oxygens (including phenoxy) is 2. The maximum Gasteiger partial charge on any atom is 0.225 e. The maximum atomic E-state index is 12.6. The van der Waals surface area contributed by atoms with Crippen LogP contribution >= 0.6 is 0 Å². The second kappa shape index (κ2) is 9.67. The fourth-order valence-electron chi connectivity index (χ4n) is 4.25. The Kier molecular flexibility index (Phi) is 6.53. The van der Waals surface area contributed by atoms with Gasteiger partial charge in [-0.1, -0.05) is 48.5 Å². The van der Waals surface area contributed by atoms with Crippen LogP contribution in [0.1, 0.15) is 29.2 Å². The van der Waals surface area contributed by atoms with Crippen LogP contribution in [0, 0.1) is 0 Å². The average Bonchev–Trinajstić information content (AvgIpc) is 2.82. The maximum absolute atomic E-state index is 12.6. The first-order chi connectivity index (χ1) is 15.2. The summed E-state index contributed by atoms with van der Waals surface area (Å²) in [5.74, 6) is 1.51. The van der Waals surface area contributed by atoms with E-state index in [2.05, 4.69) is 46.6 Å². The van der Waals surface area contributed by atoms with Gasteiger partial charge in [-0.15, -0.1) is 0 Å². The first kappa shape index (κ1) is 20.9. The largest absolute Gasteiger partial charge is 0.493 e. The van der Waals surface area contributed by atoms with Crippen molar-refractivity contribution in [1.29, 1.82) is 0 Å². The Morgan fingerprint density at radius 1 is 0.968 bits per heavy atom. The molecule has 5 nitrogen and oxygen atoms in total. The van der Waals surface area contributed by atoms with Crippen molar-refractivity contribution in [3.63, 3.8) is 0 Å². The van der Waals surface area contributed by atoms with Crippen LogP contribution < -0.4 is 14.8 Å². The Morgan fingerprint density at radius 3 is 2.29 bits per heavy atom. The second-order valence-electron chi connectivity index (χ2n) is 7.67. The van der Waals surface area contributed by atoms with Crippen LogP contribution in [-0.2, 0) is 11.2 Å². The summed E-state index contributed by atoms with van der Waals surface area (Å²) < 4.78 is 11.1. The van der Waals surface area contributed by atoms with Crippen molar-refractivity contribution in [2.45, 2.75) is 18.9 Å². The number of carbonyl (C=O) groups excluding carboxylic acids is 1. The molecule has 0 bridgehead atoms. The molecule has 1 amide bonds. The monoisotopic (exact) mass is 416 g/mol. The number of para-hydroxylation sites is 1. The highest BCUT2D eigenvalue weighted by Gasteiger charge is 2.30. The summed E-state index contributed by atoms with van der Waals surface area (Å²) in [4.78, 5) is 14.9. The normalized spacial score (nSPS) is 15.7. The first-order valence-electron chi connectivity index (χ1n) is 10.6. The number of methoxy groups -OCH3 is 2. The van der Waals surface area contributed by atoms with Crippen molar-refractivity contribution in [3.05, 3.63) is 89.5 Å². The van der Waals surface area contributed by atoms with Gasteiger partial charge in [0, 0.05) is 25.2 Å². The molecular weight excluding hydrogens is 388 g/mol. The predicted molar refractivity (Wildman–Crippen MR) is 123 cm³/mol. The van der Waals surface area contributed by atoms with Gasteiger partial charge in [0.15, 0.2) is 11.5 Å². The van der Waals surface area contributed by atoms with E-state index in [-0.39, 0.29) is 11.9 Å². The Labute approximate surface area is 183 Å². The molecule has 1 unspecified atom stereocenters. The van der Waals surface area contributed by atoms with Gasteiger partial charge in [-0.05, 0) is 47.4 Å². The number of anilines is 1. The molecule has 1 aliphatic rings. The van der Waals surface area contributed by atoms with Gasteiger partial charge in [0.1, 0.15) is 0 Å². The van der Waals surface area contributed by atoms with E-state index in [1.54, 1.807) is 14.2 Å². The minimum atomic E-state index is 0.0242.